The van der Waals surface area contributed by atoms with Crippen molar-refractivity contribution in [2.24, 2.45) is 0 Å². The number of hydrogen-bond donors (Lipinski definition) is 1. The molecule has 0 saturated carbocycles. The molecule has 2 rings (SSSR count). The highest BCUT2D eigenvalue weighted by atomic mass is 16.5. The Hall–Kier alpha value is -1.18. The summed E-state index contributed by atoms with van der Waals surface area (Å²) in [6.45, 7) is 4.05. The molecule has 2 nitrogen and oxygen atoms in total. The molecule has 0 aliphatic carbocycles. The first kappa shape index (κ1) is 8.42. The summed E-state index contributed by atoms with van der Waals surface area (Å²) in [7, 11) is 0. The molecule has 13 heavy (non-hydrogen) atoms. The van der Waals surface area contributed by atoms with E-state index >= 15 is 0 Å². The number of hydrogen-bond acceptors (Lipinski definition) is 2. The lowest BCUT2D eigenvalue weighted by Gasteiger charge is -2.24. The monoisotopic (exact) mass is 178 g/mol. The Bertz CT molecular complexity index is 331. The van der Waals surface area contributed by atoms with Crippen molar-refractivity contribution in [1.82, 2.24) is 0 Å². The van der Waals surface area contributed by atoms with E-state index in [-0.39, 0.29) is 0 Å². The third-order valence-electron chi connectivity index (χ3n) is 2.48. The van der Waals surface area contributed by atoms with Crippen LogP contribution >= 0.6 is 0 Å². The molecular weight excluding hydrogens is 164 g/mol. The number of fused-ring (bicyclic) bond motifs is 1. The van der Waals surface area contributed by atoms with Gasteiger partial charge in [-0.15, -0.1) is 0 Å². The molecule has 0 radical (unpaired) electrons. The van der Waals surface area contributed by atoms with Crippen molar-refractivity contribution in [3.05, 3.63) is 23.3 Å². The Kier molecular flexibility index (Phi) is 1.91. The van der Waals surface area contributed by atoms with Crippen molar-refractivity contribution in [2.75, 3.05) is 0 Å². The van der Waals surface area contributed by atoms with E-state index in [1.807, 2.05) is 6.92 Å². The fourth-order valence-corrected chi connectivity index (χ4v) is 1.80. The van der Waals surface area contributed by atoms with Gasteiger partial charge in [0.05, 0.1) is 6.10 Å². The van der Waals surface area contributed by atoms with Crippen LogP contribution < -0.4 is 4.74 Å². The molecule has 0 bridgehead atoms. The zero-order valence-electron chi connectivity index (χ0n) is 8.00. The van der Waals surface area contributed by atoms with Gasteiger partial charge in [0.1, 0.15) is 11.5 Å². The normalized spacial score (nSPS) is 20.6. The summed E-state index contributed by atoms with van der Waals surface area (Å²) in [4.78, 5) is 0. The molecule has 1 heterocycles. The van der Waals surface area contributed by atoms with Gasteiger partial charge in [0.15, 0.2) is 0 Å². The Labute approximate surface area is 78.2 Å². The predicted octanol–water partition coefficient (Wildman–Crippen LogP) is 2.41. The van der Waals surface area contributed by atoms with Crippen LogP contribution in [0.25, 0.3) is 0 Å². The fraction of sp³-hybridized carbons (Fsp3) is 0.455. The van der Waals surface area contributed by atoms with Crippen LogP contribution in [-0.4, -0.2) is 11.2 Å². The van der Waals surface area contributed by atoms with E-state index in [9.17, 15) is 5.11 Å². The second-order valence-corrected chi connectivity index (χ2v) is 3.72. The number of rotatable bonds is 0. The average molecular weight is 178 g/mol. The molecule has 1 unspecified atom stereocenters. The lowest BCUT2D eigenvalue weighted by molar-refractivity contribution is 0.190. The largest absolute Gasteiger partial charge is 0.508 e. The highest BCUT2D eigenvalue weighted by Gasteiger charge is 2.18. The van der Waals surface area contributed by atoms with E-state index in [1.54, 1.807) is 12.1 Å². The second-order valence-electron chi connectivity index (χ2n) is 3.72. The number of aryl methyl sites for hydroxylation is 2. The maximum Gasteiger partial charge on any atom is 0.126 e. The van der Waals surface area contributed by atoms with Crippen molar-refractivity contribution in [2.45, 2.75) is 32.8 Å². The number of aromatic hydroxyl groups is 1. The standard InChI is InChI=1S/C11H14O2/c1-7-5-10(12)6-9-4-3-8(2)13-11(7)9/h5-6,8,12H,3-4H2,1-2H3. The molecule has 0 fully saturated rings. The summed E-state index contributed by atoms with van der Waals surface area (Å²) in [5.74, 6) is 1.31. The minimum Gasteiger partial charge on any atom is -0.508 e. The molecule has 0 aromatic heterocycles. The minimum absolute atomic E-state index is 0.302. The molecule has 0 amide bonds. The lowest BCUT2D eigenvalue weighted by Crippen LogP contribution is -2.19. The molecule has 70 valence electrons. The third-order valence-corrected chi connectivity index (χ3v) is 2.48. The van der Waals surface area contributed by atoms with Gasteiger partial charge in [-0.25, -0.2) is 0 Å². The Morgan fingerprint density at radius 1 is 1.46 bits per heavy atom. The van der Waals surface area contributed by atoms with E-state index in [2.05, 4.69) is 6.92 Å². The molecule has 0 saturated heterocycles. The Balaban J connectivity index is 2.47. The lowest BCUT2D eigenvalue weighted by atomic mass is 10.00. The van der Waals surface area contributed by atoms with Gasteiger partial charge in [0.25, 0.3) is 0 Å². The van der Waals surface area contributed by atoms with E-state index < -0.39 is 0 Å². The number of phenols is 1. The van der Waals surface area contributed by atoms with Crippen LogP contribution in [0.4, 0.5) is 0 Å². The first-order chi connectivity index (χ1) is 6.16. The van der Waals surface area contributed by atoms with Gasteiger partial charge in [-0.05, 0) is 49.9 Å². The Morgan fingerprint density at radius 2 is 2.23 bits per heavy atom. The topological polar surface area (TPSA) is 29.5 Å². The molecular formula is C11H14O2. The maximum absolute atomic E-state index is 9.38. The van der Waals surface area contributed by atoms with Gasteiger partial charge < -0.3 is 9.84 Å². The van der Waals surface area contributed by atoms with Crippen molar-refractivity contribution >= 4 is 0 Å². The van der Waals surface area contributed by atoms with Gasteiger partial charge in [-0.1, -0.05) is 0 Å². The predicted molar refractivity (Wildman–Crippen MR) is 51.3 cm³/mol. The van der Waals surface area contributed by atoms with E-state index in [0.717, 1.165) is 29.7 Å². The van der Waals surface area contributed by atoms with Crippen molar-refractivity contribution < 1.29 is 9.84 Å². The summed E-state index contributed by atoms with van der Waals surface area (Å²) >= 11 is 0. The van der Waals surface area contributed by atoms with E-state index in [0.29, 0.717) is 11.9 Å². The average Bonchev–Trinajstić information content (AvgIpc) is 2.06. The summed E-state index contributed by atoms with van der Waals surface area (Å²) in [5, 5.41) is 9.38. The third kappa shape index (κ3) is 1.48. The van der Waals surface area contributed by atoms with Crippen LogP contribution in [-0.2, 0) is 6.42 Å². The zero-order valence-corrected chi connectivity index (χ0v) is 8.00. The van der Waals surface area contributed by atoms with E-state index in [1.165, 1.54) is 0 Å². The minimum atomic E-state index is 0.302. The van der Waals surface area contributed by atoms with Gasteiger partial charge >= 0.3 is 0 Å². The van der Waals surface area contributed by atoms with Crippen LogP contribution in [0.2, 0.25) is 0 Å². The maximum atomic E-state index is 9.38. The summed E-state index contributed by atoms with van der Waals surface area (Å²) in [6.07, 6.45) is 2.34. The number of ether oxygens (including phenoxy) is 1. The molecule has 2 heteroatoms. The quantitative estimate of drug-likeness (QED) is 0.661. The highest BCUT2D eigenvalue weighted by Crippen LogP contribution is 2.33. The molecule has 1 aromatic rings. The van der Waals surface area contributed by atoms with Crippen LogP contribution in [0.5, 0.6) is 11.5 Å². The van der Waals surface area contributed by atoms with Gasteiger partial charge in [0.2, 0.25) is 0 Å². The van der Waals surface area contributed by atoms with Crippen LogP contribution in [0.3, 0.4) is 0 Å². The molecule has 0 spiro atoms. The number of benzene rings is 1. The number of phenolic OH excluding ortho intramolecular Hbond substituents is 1. The van der Waals surface area contributed by atoms with Crippen LogP contribution in [0.1, 0.15) is 24.5 Å². The van der Waals surface area contributed by atoms with Gasteiger partial charge in [-0.3, -0.25) is 0 Å². The van der Waals surface area contributed by atoms with Crippen molar-refractivity contribution in [1.29, 1.82) is 0 Å². The van der Waals surface area contributed by atoms with Crippen LogP contribution in [0.15, 0.2) is 12.1 Å². The van der Waals surface area contributed by atoms with Crippen molar-refractivity contribution in [3.8, 4) is 11.5 Å². The van der Waals surface area contributed by atoms with Crippen LogP contribution in [0, 0.1) is 6.92 Å². The summed E-state index contributed by atoms with van der Waals surface area (Å²) in [6, 6.07) is 3.55. The molecule has 1 aliphatic rings. The summed E-state index contributed by atoms with van der Waals surface area (Å²) in [5.41, 5.74) is 2.16. The Morgan fingerprint density at radius 3 is 3.00 bits per heavy atom. The van der Waals surface area contributed by atoms with Crippen molar-refractivity contribution in [3.63, 3.8) is 0 Å². The molecule has 1 N–H and O–H groups in total. The highest BCUT2D eigenvalue weighted by molar-refractivity contribution is 5.47. The zero-order chi connectivity index (χ0) is 9.42. The fourth-order valence-electron chi connectivity index (χ4n) is 1.80. The molecule has 1 atom stereocenters. The van der Waals surface area contributed by atoms with Gasteiger partial charge in [-0.2, -0.15) is 0 Å². The second kappa shape index (κ2) is 2.95. The molecule has 1 aliphatic heterocycles. The van der Waals surface area contributed by atoms with Gasteiger partial charge in [0, 0.05) is 0 Å². The van der Waals surface area contributed by atoms with E-state index in [4.69, 9.17) is 4.74 Å². The molecule has 1 aromatic carbocycles. The smallest absolute Gasteiger partial charge is 0.126 e. The first-order valence-corrected chi connectivity index (χ1v) is 4.66. The first-order valence-electron chi connectivity index (χ1n) is 4.66. The summed E-state index contributed by atoms with van der Waals surface area (Å²) < 4.78 is 5.71. The SMILES string of the molecule is Cc1cc(O)cc2c1OC(C)CC2.